The second-order valence-corrected chi connectivity index (χ2v) is 11.5. The van der Waals surface area contributed by atoms with Crippen LogP contribution in [0.1, 0.15) is 33.2 Å². The number of phenols is 1. The summed E-state index contributed by atoms with van der Waals surface area (Å²) in [4.78, 5) is 24.1. The molecule has 0 aliphatic carbocycles. The van der Waals surface area contributed by atoms with Crippen LogP contribution in [0.2, 0.25) is 5.02 Å². The molecule has 2 aliphatic rings. The van der Waals surface area contributed by atoms with E-state index in [1.165, 1.54) is 5.69 Å². The zero-order chi connectivity index (χ0) is 28.1. The number of piperazine rings is 1. The van der Waals surface area contributed by atoms with Gasteiger partial charge in [-0.05, 0) is 77.7 Å². The van der Waals surface area contributed by atoms with E-state index in [0.29, 0.717) is 22.7 Å². The van der Waals surface area contributed by atoms with E-state index in [1.54, 1.807) is 18.2 Å². The van der Waals surface area contributed by atoms with Crippen molar-refractivity contribution in [3.05, 3.63) is 118 Å². The van der Waals surface area contributed by atoms with Crippen molar-refractivity contribution < 1.29 is 9.90 Å². The van der Waals surface area contributed by atoms with E-state index < -0.39 is 6.04 Å². The van der Waals surface area contributed by atoms with Crippen LogP contribution < -0.4 is 4.90 Å². The van der Waals surface area contributed by atoms with Crippen molar-refractivity contribution in [2.45, 2.75) is 12.6 Å². The molecular weight excluding hydrogens is 532 g/mol. The van der Waals surface area contributed by atoms with Crippen LogP contribution in [-0.4, -0.2) is 59.0 Å². The van der Waals surface area contributed by atoms with E-state index in [9.17, 15) is 9.90 Å². The first kappa shape index (κ1) is 25.7. The van der Waals surface area contributed by atoms with Crippen LogP contribution in [0.15, 0.2) is 91.0 Å². The van der Waals surface area contributed by atoms with Crippen LogP contribution in [0.25, 0.3) is 22.0 Å². The largest absolute Gasteiger partial charge is 0.508 e. The number of aromatic nitrogens is 1. The molecule has 2 aliphatic heterocycles. The van der Waals surface area contributed by atoms with Gasteiger partial charge in [0.2, 0.25) is 0 Å². The molecule has 1 unspecified atom stereocenters. The van der Waals surface area contributed by atoms with Crippen LogP contribution >= 0.6 is 11.6 Å². The fourth-order valence-corrected chi connectivity index (χ4v) is 6.31. The number of para-hydroxylation sites is 1. The molecule has 1 amide bonds. The minimum absolute atomic E-state index is 0.0704. The zero-order valence-corrected chi connectivity index (χ0v) is 23.6. The van der Waals surface area contributed by atoms with Gasteiger partial charge in [-0.25, -0.2) is 0 Å². The first-order chi connectivity index (χ1) is 19.9. The van der Waals surface area contributed by atoms with Crippen LogP contribution in [0.5, 0.6) is 5.75 Å². The number of nitrogens with zero attached hydrogens (tertiary/aromatic N) is 3. The minimum atomic E-state index is -0.535. The molecule has 1 aromatic heterocycles. The van der Waals surface area contributed by atoms with Gasteiger partial charge in [0, 0.05) is 65.8 Å². The predicted octanol–water partition coefficient (Wildman–Crippen LogP) is 6.69. The molecule has 6 nitrogen and oxygen atoms in total. The van der Waals surface area contributed by atoms with E-state index in [2.05, 4.69) is 58.2 Å². The number of carbonyl (C=O) groups is 1. The smallest absolute Gasteiger partial charge is 0.255 e. The number of rotatable bonds is 5. The quantitative estimate of drug-likeness (QED) is 0.250. The lowest BCUT2D eigenvalue weighted by atomic mass is 10.00. The SMILES string of the molecule is CN1CCN(c2ccc(-c3ccc4c(c3)C(=O)N(C(c3cc5ccccc5[nH]3)c3cc(Cl)ccc3O)C4)cc2)CC1. The Bertz CT molecular complexity index is 1720. The maximum Gasteiger partial charge on any atom is 0.255 e. The zero-order valence-electron chi connectivity index (χ0n) is 22.8. The van der Waals surface area contributed by atoms with Crippen LogP contribution in [0, 0.1) is 0 Å². The van der Waals surface area contributed by atoms with Gasteiger partial charge in [0.25, 0.3) is 5.91 Å². The molecule has 1 atom stereocenters. The Morgan fingerprint density at radius 2 is 1.61 bits per heavy atom. The molecule has 3 heterocycles. The third kappa shape index (κ3) is 4.73. The average molecular weight is 563 g/mol. The van der Waals surface area contributed by atoms with Crippen molar-refractivity contribution in [2.24, 2.45) is 0 Å². The Kier molecular flexibility index (Phi) is 6.45. The second kappa shape index (κ2) is 10.3. The standard InChI is InChI=1S/C34H31ClN4O2/c1-37-14-16-38(17-15-37)27-11-8-22(9-12-27)23-6-7-25-21-39(34(41)28(25)18-23)33(29-20-26(35)10-13-32(29)40)31-19-24-4-2-3-5-30(24)36-31/h2-13,18-20,33,36,40H,14-17,21H2,1H3. The van der Waals surface area contributed by atoms with Gasteiger partial charge in [-0.3, -0.25) is 4.79 Å². The number of phenolic OH excluding ortho intramolecular Hbond substituents is 1. The fraction of sp³-hybridized carbons (Fsp3) is 0.206. The number of carbonyl (C=O) groups excluding carboxylic acids is 1. The van der Waals surface area contributed by atoms with E-state index in [0.717, 1.165) is 59.5 Å². The lowest BCUT2D eigenvalue weighted by Crippen LogP contribution is -2.44. The Balaban J connectivity index is 1.22. The number of hydrogen-bond acceptors (Lipinski definition) is 4. The molecular formula is C34H31ClN4O2. The second-order valence-electron chi connectivity index (χ2n) is 11.1. The van der Waals surface area contributed by atoms with E-state index >= 15 is 0 Å². The van der Waals surface area contributed by atoms with Gasteiger partial charge in [0.05, 0.1) is 0 Å². The molecule has 0 bridgehead atoms. The molecule has 0 saturated carbocycles. The highest BCUT2D eigenvalue weighted by Gasteiger charge is 2.36. The monoisotopic (exact) mass is 562 g/mol. The number of amides is 1. The van der Waals surface area contributed by atoms with Gasteiger partial charge in [-0.1, -0.05) is 54.1 Å². The number of hydrogen-bond donors (Lipinski definition) is 2. The minimum Gasteiger partial charge on any atom is -0.508 e. The molecule has 0 radical (unpaired) electrons. The van der Waals surface area contributed by atoms with E-state index in [1.807, 2.05) is 41.3 Å². The normalized spacial score (nSPS) is 16.4. The van der Waals surface area contributed by atoms with Crippen molar-refractivity contribution in [3.8, 4) is 16.9 Å². The highest BCUT2D eigenvalue weighted by atomic mass is 35.5. The van der Waals surface area contributed by atoms with Gasteiger partial charge in [0.1, 0.15) is 11.8 Å². The molecule has 206 valence electrons. The molecule has 4 aromatic carbocycles. The number of fused-ring (bicyclic) bond motifs is 2. The first-order valence-electron chi connectivity index (χ1n) is 14.0. The summed E-state index contributed by atoms with van der Waals surface area (Å²) < 4.78 is 0. The summed E-state index contributed by atoms with van der Waals surface area (Å²) in [5, 5.41) is 12.5. The van der Waals surface area contributed by atoms with Gasteiger partial charge in [0.15, 0.2) is 0 Å². The molecule has 41 heavy (non-hydrogen) atoms. The number of aromatic amines is 1. The van der Waals surface area contributed by atoms with Crippen LogP contribution in [-0.2, 0) is 6.54 Å². The number of nitrogens with one attached hydrogen (secondary N) is 1. The van der Waals surface area contributed by atoms with Crippen LogP contribution in [0.3, 0.4) is 0 Å². The van der Waals surface area contributed by atoms with E-state index in [4.69, 9.17) is 11.6 Å². The third-order valence-corrected chi connectivity index (χ3v) is 8.69. The van der Waals surface area contributed by atoms with Crippen molar-refractivity contribution >= 4 is 34.1 Å². The van der Waals surface area contributed by atoms with Crippen LogP contribution in [0.4, 0.5) is 5.69 Å². The first-order valence-corrected chi connectivity index (χ1v) is 14.4. The summed E-state index contributed by atoms with van der Waals surface area (Å²) in [6, 6.07) is 29.3. The molecule has 7 rings (SSSR count). The van der Waals surface area contributed by atoms with Crippen molar-refractivity contribution in [1.29, 1.82) is 0 Å². The topological polar surface area (TPSA) is 62.8 Å². The molecule has 7 heteroatoms. The molecule has 1 fully saturated rings. The molecule has 2 N–H and O–H groups in total. The Hall–Kier alpha value is -4.26. The molecule has 1 saturated heterocycles. The van der Waals surface area contributed by atoms with E-state index in [-0.39, 0.29) is 11.7 Å². The van der Waals surface area contributed by atoms with Gasteiger partial charge < -0.3 is 24.8 Å². The van der Waals surface area contributed by atoms with Gasteiger partial charge in [-0.2, -0.15) is 0 Å². The Labute approximate surface area is 244 Å². The maximum absolute atomic E-state index is 14.1. The predicted molar refractivity (Wildman–Crippen MR) is 165 cm³/mol. The lowest BCUT2D eigenvalue weighted by molar-refractivity contribution is 0.0727. The Morgan fingerprint density at radius 3 is 2.39 bits per heavy atom. The Morgan fingerprint density at radius 1 is 0.854 bits per heavy atom. The number of benzene rings is 4. The summed E-state index contributed by atoms with van der Waals surface area (Å²) >= 11 is 6.39. The summed E-state index contributed by atoms with van der Waals surface area (Å²) in [5.74, 6) is 0.0295. The third-order valence-electron chi connectivity index (χ3n) is 8.45. The highest BCUT2D eigenvalue weighted by Crippen LogP contribution is 2.41. The average Bonchev–Trinajstić information content (AvgIpc) is 3.56. The number of likely N-dealkylation sites (N-methyl/N-ethyl adjacent to an activating group) is 1. The van der Waals surface area contributed by atoms with Crippen molar-refractivity contribution in [1.82, 2.24) is 14.8 Å². The number of anilines is 1. The van der Waals surface area contributed by atoms with Gasteiger partial charge in [-0.15, -0.1) is 0 Å². The highest BCUT2D eigenvalue weighted by molar-refractivity contribution is 6.30. The van der Waals surface area contributed by atoms with Crippen molar-refractivity contribution in [3.63, 3.8) is 0 Å². The van der Waals surface area contributed by atoms with Gasteiger partial charge >= 0.3 is 0 Å². The summed E-state index contributed by atoms with van der Waals surface area (Å²) in [6.45, 7) is 4.62. The maximum atomic E-state index is 14.1. The summed E-state index contributed by atoms with van der Waals surface area (Å²) in [6.07, 6.45) is 0. The summed E-state index contributed by atoms with van der Waals surface area (Å²) in [7, 11) is 2.16. The van der Waals surface area contributed by atoms with Crippen molar-refractivity contribution in [2.75, 3.05) is 38.1 Å². The molecule has 5 aromatic rings. The number of halogens is 1. The summed E-state index contributed by atoms with van der Waals surface area (Å²) in [5.41, 5.74) is 7.36. The molecule has 0 spiro atoms. The number of aromatic hydroxyl groups is 1. The lowest BCUT2D eigenvalue weighted by Gasteiger charge is -2.34. The fourth-order valence-electron chi connectivity index (χ4n) is 6.13. The number of H-pyrrole nitrogens is 1.